The Bertz CT molecular complexity index is 1320. The van der Waals surface area contributed by atoms with Crippen LogP contribution in [0.1, 0.15) is 48.3 Å². The predicted octanol–water partition coefficient (Wildman–Crippen LogP) is 5.42. The third-order valence-electron chi connectivity index (χ3n) is 5.54. The Morgan fingerprint density at radius 2 is 1.97 bits per heavy atom. The van der Waals surface area contributed by atoms with Gasteiger partial charge < -0.3 is 5.32 Å². The molecule has 1 aliphatic heterocycles. The average Bonchev–Trinajstić information content (AvgIpc) is 2.74. The van der Waals surface area contributed by atoms with Gasteiger partial charge in [-0.05, 0) is 31.9 Å². The highest BCUT2D eigenvalue weighted by Gasteiger charge is 2.21. The quantitative estimate of drug-likeness (QED) is 0.530. The van der Waals surface area contributed by atoms with Crippen molar-refractivity contribution in [2.75, 3.05) is 16.8 Å². The summed E-state index contributed by atoms with van der Waals surface area (Å²) in [5.74, 6) is -0.0402. The number of halogens is 3. The number of fused-ring (bicyclic) bond motifs is 1. The van der Waals surface area contributed by atoms with E-state index in [1.54, 1.807) is 13.0 Å². The number of alkyl halides is 2. The predicted molar refractivity (Wildman–Crippen MR) is 119 cm³/mol. The summed E-state index contributed by atoms with van der Waals surface area (Å²) in [6, 6.07) is 5.12. The van der Waals surface area contributed by atoms with Crippen LogP contribution in [-0.2, 0) is 9.73 Å². The molecule has 0 amide bonds. The molecule has 0 bridgehead atoms. The van der Waals surface area contributed by atoms with E-state index in [0.29, 0.717) is 34.5 Å². The largest absolute Gasteiger partial charge is 0.363 e. The highest BCUT2D eigenvalue weighted by molar-refractivity contribution is 7.92. The zero-order valence-corrected chi connectivity index (χ0v) is 18.3. The van der Waals surface area contributed by atoms with Gasteiger partial charge in [-0.25, -0.2) is 27.3 Å². The first kappa shape index (κ1) is 22.2. The number of anilines is 1. The van der Waals surface area contributed by atoms with Crippen molar-refractivity contribution in [1.29, 1.82) is 4.78 Å². The molecule has 0 radical (unpaired) electrons. The summed E-state index contributed by atoms with van der Waals surface area (Å²) in [5.41, 5.74) is 2.34. The Labute approximate surface area is 184 Å². The second-order valence-corrected chi connectivity index (χ2v) is 10.2. The molecule has 2 N–H and O–H groups in total. The zero-order valence-electron chi connectivity index (χ0n) is 17.5. The number of allylic oxidation sites excluding steroid dienone is 1. The molecule has 6 nitrogen and oxygen atoms in total. The van der Waals surface area contributed by atoms with E-state index >= 15 is 0 Å². The molecule has 168 valence electrons. The molecule has 3 aromatic rings. The van der Waals surface area contributed by atoms with Crippen LogP contribution in [0.3, 0.4) is 0 Å². The summed E-state index contributed by atoms with van der Waals surface area (Å²) >= 11 is 0. The van der Waals surface area contributed by atoms with Crippen LogP contribution in [0.2, 0.25) is 0 Å². The average molecular weight is 462 g/mol. The molecule has 3 heterocycles. The number of rotatable bonds is 5. The van der Waals surface area contributed by atoms with Crippen LogP contribution < -0.4 is 5.32 Å². The maximum absolute atomic E-state index is 14.6. The summed E-state index contributed by atoms with van der Waals surface area (Å²) in [6.45, 7) is 3.49. The molecule has 1 aromatic carbocycles. The number of hydrogen-bond donors (Lipinski definition) is 2. The van der Waals surface area contributed by atoms with Crippen LogP contribution >= 0.6 is 0 Å². The molecule has 10 heteroatoms. The third kappa shape index (κ3) is 4.32. The Balaban J connectivity index is 1.73. The third-order valence-corrected chi connectivity index (χ3v) is 7.11. The lowest BCUT2D eigenvalue weighted by Gasteiger charge is -2.19. The van der Waals surface area contributed by atoms with E-state index in [1.165, 1.54) is 18.5 Å². The van der Waals surface area contributed by atoms with Gasteiger partial charge in [-0.15, -0.1) is 0 Å². The standard InChI is InChI=1S/C22H22F3N5OS/c1-12(15-4-3-5-16(19(15)23)21(24)25)30-22-17-10-18(14-6-8-32(26,31)9-7-14)29-13(2)20(17)27-11-28-22/h3-6,10-12,21,26H,7-9H2,1-2H3,(H,27,28,30)/t12-,32?/m1/s1. The molecular weight excluding hydrogens is 439 g/mol. The number of hydrogen-bond acceptors (Lipinski definition) is 6. The van der Waals surface area contributed by atoms with E-state index in [1.807, 2.05) is 13.0 Å². The van der Waals surface area contributed by atoms with Crippen LogP contribution in [-0.4, -0.2) is 30.7 Å². The topological polar surface area (TPSA) is 91.6 Å². The van der Waals surface area contributed by atoms with Gasteiger partial charge in [0.15, 0.2) is 0 Å². The highest BCUT2D eigenvalue weighted by atomic mass is 32.2. The van der Waals surface area contributed by atoms with Crippen molar-refractivity contribution in [3.63, 3.8) is 0 Å². The summed E-state index contributed by atoms with van der Waals surface area (Å²) in [4.78, 5) is 13.2. The van der Waals surface area contributed by atoms with Gasteiger partial charge in [0.05, 0.1) is 34.3 Å². The SMILES string of the molecule is Cc1nc(C2=CCS(=N)(=O)CC2)cc2c(N[C@H](C)c3cccc(C(F)F)c3F)ncnc12. The van der Waals surface area contributed by atoms with E-state index < -0.39 is 33.6 Å². The summed E-state index contributed by atoms with van der Waals surface area (Å²) in [5, 5.41) is 3.78. The molecule has 0 saturated heterocycles. The van der Waals surface area contributed by atoms with Crippen molar-refractivity contribution in [2.45, 2.75) is 32.7 Å². The molecule has 4 rings (SSSR count). The minimum absolute atomic E-state index is 0.112. The van der Waals surface area contributed by atoms with Crippen LogP contribution in [0.4, 0.5) is 19.0 Å². The number of nitrogens with zero attached hydrogens (tertiary/aromatic N) is 3. The van der Waals surface area contributed by atoms with Crippen molar-refractivity contribution in [3.8, 4) is 0 Å². The molecule has 1 unspecified atom stereocenters. The van der Waals surface area contributed by atoms with Crippen molar-refractivity contribution in [3.05, 3.63) is 65.0 Å². The fraction of sp³-hybridized carbons (Fsp3) is 0.318. The molecule has 0 fully saturated rings. The van der Waals surface area contributed by atoms with Gasteiger partial charge in [0.2, 0.25) is 0 Å². The first-order valence-corrected chi connectivity index (χ1v) is 11.9. The second-order valence-electron chi connectivity index (χ2n) is 7.79. The Morgan fingerprint density at radius 3 is 2.66 bits per heavy atom. The van der Waals surface area contributed by atoms with E-state index in [2.05, 4.69) is 20.3 Å². The van der Waals surface area contributed by atoms with Crippen LogP contribution in [0, 0.1) is 17.5 Å². The first-order chi connectivity index (χ1) is 15.2. The van der Waals surface area contributed by atoms with Gasteiger partial charge in [0, 0.05) is 26.4 Å². The van der Waals surface area contributed by atoms with E-state index in [4.69, 9.17) is 4.78 Å². The maximum Gasteiger partial charge on any atom is 0.266 e. The van der Waals surface area contributed by atoms with E-state index in [9.17, 15) is 17.4 Å². The Hall–Kier alpha value is -3.01. The van der Waals surface area contributed by atoms with Crippen molar-refractivity contribution < 1.29 is 17.4 Å². The summed E-state index contributed by atoms with van der Waals surface area (Å²) in [6.07, 6.45) is 0.739. The monoisotopic (exact) mass is 461 g/mol. The van der Waals surface area contributed by atoms with Gasteiger partial charge in [-0.2, -0.15) is 0 Å². The van der Waals surface area contributed by atoms with Gasteiger partial charge in [0.25, 0.3) is 6.43 Å². The maximum atomic E-state index is 14.6. The fourth-order valence-corrected chi connectivity index (χ4v) is 4.97. The molecule has 0 spiro atoms. The summed E-state index contributed by atoms with van der Waals surface area (Å²) < 4.78 is 60.5. The van der Waals surface area contributed by atoms with E-state index in [-0.39, 0.29) is 17.1 Å². The van der Waals surface area contributed by atoms with Crippen LogP contribution in [0.5, 0.6) is 0 Å². The molecule has 0 aliphatic carbocycles. The van der Waals surface area contributed by atoms with Crippen LogP contribution in [0.25, 0.3) is 16.5 Å². The number of nitrogens with one attached hydrogen (secondary N) is 2. The lowest BCUT2D eigenvalue weighted by atomic mass is 10.0. The van der Waals surface area contributed by atoms with Crippen molar-refractivity contribution in [1.82, 2.24) is 15.0 Å². The van der Waals surface area contributed by atoms with Gasteiger partial charge in [-0.1, -0.05) is 24.3 Å². The van der Waals surface area contributed by atoms with E-state index in [0.717, 1.165) is 11.6 Å². The van der Waals surface area contributed by atoms with Crippen molar-refractivity contribution in [2.24, 2.45) is 0 Å². The minimum atomic E-state index is -2.90. The highest BCUT2D eigenvalue weighted by Crippen LogP contribution is 2.32. The molecule has 32 heavy (non-hydrogen) atoms. The van der Waals surface area contributed by atoms with Gasteiger partial charge in [0.1, 0.15) is 18.0 Å². The smallest absolute Gasteiger partial charge is 0.266 e. The first-order valence-electron chi connectivity index (χ1n) is 10.0. The van der Waals surface area contributed by atoms with Gasteiger partial charge >= 0.3 is 0 Å². The number of aryl methyl sites for hydroxylation is 1. The molecular formula is C22H22F3N5OS. The number of benzene rings is 1. The Morgan fingerprint density at radius 1 is 1.22 bits per heavy atom. The lowest BCUT2D eigenvalue weighted by molar-refractivity contribution is 0.146. The molecule has 2 atom stereocenters. The lowest BCUT2D eigenvalue weighted by Crippen LogP contribution is -2.14. The van der Waals surface area contributed by atoms with Crippen LogP contribution in [0.15, 0.2) is 36.7 Å². The van der Waals surface area contributed by atoms with Gasteiger partial charge in [-0.3, -0.25) is 9.76 Å². The second kappa shape index (κ2) is 8.50. The normalized spacial score (nSPS) is 19.8. The number of aromatic nitrogens is 3. The molecule has 1 aliphatic rings. The summed E-state index contributed by atoms with van der Waals surface area (Å²) in [7, 11) is -2.57. The molecule has 0 saturated carbocycles. The minimum Gasteiger partial charge on any atom is -0.363 e. The van der Waals surface area contributed by atoms with Crippen molar-refractivity contribution >= 4 is 32.0 Å². The number of pyridine rings is 1. The zero-order chi connectivity index (χ0) is 23.0. The molecule has 2 aromatic heterocycles. The Kier molecular flexibility index (Phi) is 5.89. The fourth-order valence-electron chi connectivity index (χ4n) is 3.79.